The van der Waals surface area contributed by atoms with Gasteiger partial charge in [-0.2, -0.15) is 13.2 Å². The molecule has 1 aliphatic heterocycles. The highest BCUT2D eigenvalue weighted by molar-refractivity contribution is 6.09. The van der Waals surface area contributed by atoms with Gasteiger partial charge in [0.25, 0.3) is 0 Å². The van der Waals surface area contributed by atoms with Crippen LogP contribution in [0.5, 0.6) is 0 Å². The first kappa shape index (κ1) is 24.4. The third-order valence-corrected chi connectivity index (χ3v) is 6.04. The number of amidine groups is 1. The van der Waals surface area contributed by atoms with Crippen molar-refractivity contribution in [3.8, 4) is 0 Å². The molecule has 182 valence electrons. The minimum Gasteiger partial charge on any atom is -0.465 e. The van der Waals surface area contributed by atoms with Crippen LogP contribution in [0.4, 0.5) is 23.2 Å². The van der Waals surface area contributed by atoms with Crippen molar-refractivity contribution in [2.45, 2.75) is 37.9 Å². The first-order valence-electron chi connectivity index (χ1n) is 11.2. The number of carbonyl (C=O) groups is 1. The van der Waals surface area contributed by atoms with Crippen LogP contribution in [0.2, 0.25) is 0 Å². The fourth-order valence-corrected chi connectivity index (χ4v) is 4.31. The lowest BCUT2D eigenvalue weighted by Crippen LogP contribution is -2.23. The summed E-state index contributed by atoms with van der Waals surface area (Å²) in [6.07, 6.45) is -3.17. The molecule has 2 unspecified atom stereocenters. The molecule has 0 saturated heterocycles. The second-order valence-electron chi connectivity index (χ2n) is 8.51. The molecule has 0 radical (unpaired) electrons. The maximum atomic E-state index is 14.0. The Morgan fingerprint density at radius 2 is 1.74 bits per heavy atom. The Balaban J connectivity index is 1.74. The van der Waals surface area contributed by atoms with Crippen LogP contribution in [-0.2, 0) is 10.9 Å². The molecule has 0 saturated carbocycles. The number of hydrogen-bond acceptors (Lipinski definition) is 4. The molecule has 35 heavy (non-hydrogen) atoms. The van der Waals surface area contributed by atoms with Crippen molar-refractivity contribution >= 4 is 17.5 Å². The molecule has 0 bridgehead atoms. The number of anilines is 1. The zero-order valence-electron chi connectivity index (χ0n) is 19.2. The molecule has 3 aromatic carbocycles. The monoisotopic (exact) mass is 484 g/mol. The van der Waals surface area contributed by atoms with Gasteiger partial charge in [-0.05, 0) is 61.2 Å². The molecule has 0 spiro atoms. The van der Waals surface area contributed by atoms with Gasteiger partial charge in [0.1, 0.15) is 11.7 Å². The number of fused-ring (bicyclic) bond motifs is 1. The van der Waals surface area contributed by atoms with E-state index in [1.807, 2.05) is 43.3 Å². The number of nitrogens with zero attached hydrogens (tertiary/aromatic N) is 1. The quantitative estimate of drug-likeness (QED) is 0.328. The third-order valence-electron chi connectivity index (χ3n) is 6.04. The van der Waals surface area contributed by atoms with Crippen LogP contribution >= 0.6 is 0 Å². The molecule has 1 N–H and O–H groups in total. The highest BCUT2D eigenvalue weighted by Gasteiger charge is 2.32. The number of carbonyl (C=O) groups excluding carboxylic acids is 1. The molecular formula is C27H24F4N2O2. The minimum absolute atomic E-state index is 0.0300. The molecule has 0 fully saturated rings. The summed E-state index contributed by atoms with van der Waals surface area (Å²) in [5, 5.41) is 2.94. The first-order valence-corrected chi connectivity index (χ1v) is 11.2. The number of methoxy groups -OCH3 is 1. The van der Waals surface area contributed by atoms with Crippen molar-refractivity contribution in [3.63, 3.8) is 0 Å². The molecule has 1 aliphatic rings. The van der Waals surface area contributed by atoms with Crippen molar-refractivity contribution in [1.82, 2.24) is 0 Å². The standard InChI is InChI=1S/C27H24F4N2O2/c1-16-7-12-22(17-8-10-18(11-9-17)26(34)35-2)23-5-3-4-6-24(23)25(32-16)33-21-14-19(27(29,30)31)13-20(28)15-21/h3-6,8-11,13-16,22H,7,12H2,1-2H3,(H,32,33). The van der Waals surface area contributed by atoms with E-state index < -0.39 is 23.5 Å². The zero-order valence-corrected chi connectivity index (χ0v) is 19.2. The fourth-order valence-electron chi connectivity index (χ4n) is 4.31. The molecule has 0 aliphatic carbocycles. The van der Waals surface area contributed by atoms with Crippen LogP contribution in [0.1, 0.15) is 58.3 Å². The summed E-state index contributed by atoms with van der Waals surface area (Å²) >= 11 is 0. The number of benzene rings is 3. The number of ether oxygens (including phenoxy) is 1. The fraction of sp³-hybridized carbons (Fsp3) is 0.259. The van der Waals surface area contributed by atoms with Crippen LogP contribution in [0.25, 0.3) is 0 Å². The van der Waals surface area contributed by atoms with E-state index in [4.69, 9.17) is 9.73 Å². The van der Waals surface area contributed by atoms with Crippen LogP contribution < -0.4 is 5.32 Å². The third kappa shape index (κ3) is 5.53. The maximum absolute atomic E-state index is 14.0. The van der Waals surface area contributed by atoms with Crippen LogP contribution in [-0.4, -0.2) is 25.0 Å². The van der Waals surface area contributed by atoms with Gasteiger partial charge in [0.05, 0.1) is 18.2 Å². The van der Waals surface area contributed by atoms with Crippen molar-refractivity contribution < 1.29 is 27.1 Å². The number of halogens is 4. The van der Waals surface area contributed by atoms with Crippen molar-refractivity contribution in [1.29, 1.82) is 0 Å². The molecular weight excluding hydrogens is 460 g/mol. The van der Waals surface area contributed by atoms with Crippen molar-refractivity contribution in [2.75, 3.05) is 12.4 Å². The van der Waals surface area contributed by atoms with E-state index in [1.165, 1.54) is 7.11 Å². The van der Waals surface area contributed by atoms with Gasteiger partial charge in [-0.1, -0.05) is 36.4 Å². The van der Waals surface area contributed by atoms with E-state index in [0.717, 1.165) is 41.7 Å². The summed E-state index contributed by atoms with van der Waals surface area (Å²) in [7, 11) is 1.33. The first-order chi connectivity index (χ1) is 16.7. The van der Waals surface area contributed by atoms with Crippen molar-refractivity contribution in [3.05, 3.63) is 100 Å². The summed E-state index contributed by atoms with van der Waals surface area (Å²) in [6.45, 7) is 1.93. The molecule has 8 heteroatoms. The minimum atomic E-state index is -4.67. The molecule has 1 heterocycles. The van der Waals surface area contributed by atoms with E-state index in [-0.39, 0.29) is 17.6 Å². The predicted molar refractivity (Wildman–Crippen MR) is 126 cm³/mol. The number of aliphatic imine (C=N–C) groups is 1. The van der Waals surface area contributed by atoms with Gasteiger partial charge < -0.3 is 10.1 Å². The molecule has 3 aromatic rings. The molecule has 0 aromatic heterocycles. The topological polar surface area (TPSA) is 50.7 Å². The Kier molecular flexibility index (Phi) is 6.91. The number of alkyl halides is 3. The number of rotatable bonds is 3. The lowest BCUT2D eigenvalue weighted by molar-refractivity contribution is -0.137. The summed E-state index contributed by atoms with van der Waals surface area (Å²) < 4.78 is 58.5. The van der Waals surface area contributed by atoms with Gasteiger partial charge in [-0.15, -0.1) is 0 Å². The normalized spacial score (nSPS) is 18.1. The highest BCUT2D eigenvalue weighted by Crippen LogP contribution is 2.36. The van der Waals surface area contributed by atoms with Crippen molar-refractivity contribution in [2.24, 2.45) is 4.99 Å². The lowest BCUT2D eigenvalue weighted by atomic mass is 9.82. The Morgan fingerprint density at radius 3 is 2.43 bits per heavy atom. The zero-order chi connectivity index (χ0) is 25.2. The van der Waals surface area contributed by atoms with Gasteiger partial charge in [0.15, 0.2) is 0 Å². The highest BCUT2D eigenvalue weighted by atomic mass is 19.4. The van der Waals surface area contributed by atoms with E-state index in [2.05, 4.69) is 5.32 Å². The SMILES string of the molecule is COC(=O)c1ccc(C2CCC(C)N=C(Nc3cc(F)cc(C(F)(F)F)c3)c3ccccc32)cc1. The molecule has 2 atom stereocenters. The summed E-state index contributed by atoms with van der Waals surface area (Å²) in [5.41, 5.74) is 1.99. The van der Waals surface area contributed by atoms with Gasteiger partial charge >= 0.3 is 12.1 Å². The van der Waals surface area contributed by atoms with Gasteiger partial charge in [0, 0.05) is 23.2 Å². The Hall–Kier alpha value is -3.68. The largest absolute Gasteiger partial charge is 0.465 e. The average molecular weight is 484 g/mol. The van der Waals surface area contributed by atoms with Crippen LogP contribution in [0, 0.1) is 5.82 Å². The van der Waals surface area contributed by atoms with E-state index in [0.29, 0.717) is 17.5 Å². The number of esters is 1. The van der Waals surface area contributed by atoms with Crippen LogP contribution in [0.3, 0.4) is 0 Å². The Bertz CT molecular complexity index is 1250. The van der Waals surface area contributed by atoms with Crippen LogP contribution in [0.15, 0.2) is 71.7 Å². The number of hydrogen-bond donors (Lipinski definition) is 1. The predicted octanol–water partition coefficient (Wildman–Crippen LogP) is 6.80. The second kappa shape index (κ2) is 9.90. The van der Waals surface area contributed by atoms with Gasteiger partial charge in [-0.25, -0.2) is 9.18 Å². The Morgan fingerprint density at radius 1 is 1.03 bits per heavy atom. The van der Waals surface area contributed by atoms with E-state index in [1.54, 1.807) is 12.1 Å². The second-order valence-corrected chi connectivity index (χ2v) is 8.51. The van der Waals surface area contributed by atoms with E-state index in [9.17, 15) is 22.4 Å². The summed E-state index contributed by atoms with van der Waals surface area (Å²) in [5.74, 6) is -1.07. The number of nitrogens with one attached hydrogen (secondary N) is 1. The van der Waals surface area contributed by atoms with E-state index >= 15 is 0 Å². The average Bonchev–Trinajstić information content (AvgIpc) is 2.82. The smallest absolute Gasteiger partial charge is 0.416 e. The lowest BCUT2D eigenvalue weighted by Gasteiger charge is -2.26. The molecule has 4 nitrogen and oxygen atoms in total. The summed E-state index contributed by atoms with van der Waals surface area (Å²) in [4.78, 5) is 16.5. The van der Waals surface area contributed by atoms with Gasteiger partial charge in [0.2, 0.25) is 0 Å². The van der Waals surface area contributed by atoms with Gasteiger partial charge in [-0.3, -0.25) is 4.99 Å². The Labute approximate surface area is 200 Å². The molecule has 0 amide bonds. The molecule has 4 rings (SSSR count). The maximum Gasteiger partial charge on any atom is 0.416 e. The summed E-state index contributed by atoms with van der Waals surface area (Å²) in [6, 6.07) is 16.9.